The third kappa shape index (κ3) is 3.75. The molecule has 1 amide bonds. The molecule has 1 N–H and O–H groups in total. The SMILES string of the molecule is O=C(c1cc(Nc2cccc(Cl)c2Cl)ccn1)N1CCOCC1. The Labute approximate surface area is 144 Å². The number of amides is 1. The van der Waals surface area contributed by atoms with Gasteiger partial charge in [0, 0.05) is 25.0 Å². The molecular weight excluding hydrogens is 337 g/mol. The van der Waals surface area contributed by atoms with Gasteiger partial charge in [0.2, 0.25) is 0 Å². The van der Waals surface area contributed by atoms with Gasteiger partial charge < -0.3 is 15.0 Å². The highest BCUT2D eigenvalue weighted by molar-refractivity contribution is 6.43. The molecule has 120 valence electrons. The molecule has 0 aliphatic carbocycles. The Morgan fingerprint density at radius 3 is 2.78 bits per heavy atom. The monoisotopic (exact) mass is 351 g/mol. The Kier molecular flexibility index (Phi) is 5.00. The highest BCUT2D eigenvalue weighted by Gasteiger charge is 2.19. The highest BCUT2D eigenvalue weighted by Crippen LogP contribution is 2.31. The molecule has 0 unspecified atom stereocenters. The average Bonchev–Trinajstić information content (AvgIpc) is 2.59. The number of carbonyl (C=O) groups is 1. The minimum atomic E-state index is -0.103. The lowest BCUT2D eigenvalue weighted by Gasteiger charge is -2.26. The smallest absolute Gasteiger partial charge is 0.272 e. The van der Waals surface area contributed by atoms with Crippen molar-refractivity contribution in [1.82, 2.24) is 9.88 Å². The highest BCUT2D eigenvalue weighted by atomic mass is 35.5. The van der Waals surface area contributed by atoms with Gasteiger partial charge in [-0.3, -0.25) is 9.78 Å². The van der Waals surface area contributed by atoms with Crippen LogP contribution in [0.3, 0.4) is 0 Å². The molecule has 1 aliphatic heterocycles. The molecule has 1 aliphatic rings. The van der Waals surface area contributed by atoms with Crippen LogP contribution in [0.5, 0.6) is 0 Å². The van der Waals surface area contributed by atoms with Gasteiger partial charge in [0.1, 0.15) is 5.69 Å². The van der Waals surface area contributed by atoms with Crippen molar-refractivity contribution in [3.8, 4) is 0 Å². The third-order valence-corrected chi connectivity index (χ3v) is 4.33. The molecule has 0 atom stereocenters. The number of nitrogens with one attached hydrogen (secondary N) is 1. The van der Waals surface area contributed by atoms with Crippen molar-refractivity contribution in [1.29, 1.82) is 0 Å². The molecule has 0 saturated carbocycles. The summed E-state index contributed by atoms with van der Waals surface area (Å²) in [5.41, 5.74) is 1.78. The van der Waals surface area contributed by atoms with Crippen molar-refractivity contribution in [2.75, 3.05) is 31.6 Å². The zero-order valence-electron chi connectivity index (χ0n) is 12.3. The summed E-state index contributed by atoms with van der Waals surface area (Å²) in [4.78, 5) is 18.4. The van der Waals surface area contributed by atoms with Crippen LogP contribution in [0.1, 0.15) is 10.5 Å². The minimum absolute atomic E-state index is 0.103. The lowest BCUT2D eigenvalue weighted by Crippen LogP contribution is -2.41. The zero-order valence-corrected chi connectivity index (χ0v) is 13.8. The average molecular weight is 352 g/mol. The molecular formula is C16H15Cl2N3O2. The lowest BCUT2D eigenvalue weighted by molar-refractivity contribution is 0.0299. The molecule has 2 aromatic rings. The quantitative estimate of drug-likeness (QED) is 0.917. The first-order valence-electron chi connectivity index (χ1n) is 7.19. The van der Waals surface area contributed by atoms with E-state index in [1.165, 1.54) is 0 Å². The number of aromatic nitrogens is 1. The first-order chi connectivity index (χ1) is 11.1. The molecule has 0 spiro atoms. The zero-order chi connectivity index (χ0) is 16.2. The van der Waals surface area contributed by atoms with Crippen LogP contribution in [0.25, 0.3) is 0 Å². The normalized spacial score (nSPS) is 14.6. The predicted octanol–water partition coefficient (Wildman–Crippen LogP) is 3.60. The maximum Gasteiger partial charge on any atom is 0.272 e. The molecule has 0 radical (unpaired) electrons. The van der Waals surface area contributed by atoms with E-state index in [4.69, 9.17) is 27.9 Å². The Bertz CT molecular complexity index is 718. The Hall–Kier alpha value is -1.82. The molecule has 1 aromatic carbocycles. The summed E-state index contributed by atoms with van der Waals surface area (Å²) in [5.74, 6) is -0.103. The summed E-state index contributed by atoms with van der Waals surface area (Å²) in [6, 6.07) is 8.81. The number of nitrogens with zero attached hydrogens (tertiary/aromatic N) is 2. The van der Waals surface area contributed by atoms with Crippen molar-refractivity contribution in [3.63, 3.8) is 0 Å². The summed E-state index contributed by atoms with van der Waals surface area (Å²) >= 11 is 12.2. The molecule has 1 aromatic heterocycles. The minimum Gasteiger partial charge on any atom is -0.378 e. The van der Waals surface area contributed by atoms with Gasteiger partial charge in [0.15, 0.2) is 0 Å². The molecule has 23 heavy (non-hydrogen) atoms. The van der Waals surface area contributed by atoms with Gasteiger partial charge in [0.05, 0.1) is 28.9 Å². The van der Waals surface area contributed by atoms with E-state index in [0.29, 0.717) is 47.7 Å². The molecule has 1 fully saturated rings. The summed E-state index contributed by atoms with van der Waals surface area (Å²) in [7, 11) is 0. The summed E-state index contributed by atoms with van der Waals surface area (Å²) < 4.78 is 5.26. The van der Waals surface area contributed by atoms with E-state index in [1.807, 2.05) is 6.07 Å². The van der Waals surface area contributed by atoms with Crippen molar-refractivity contribution >= 4 is 40.5 Å². The van der Waals surface area contributed by atoms with Gasteiger partial charge in [-0.1, -0.05) is 29.3 Å². The Morgan fingerprint density at radius 1 is 1.22 bits per heavy atom. The number of rotatable bonds is 3. The van der Waals surface area contributed by atoms with E-state index in [9.17, 15) is 4.79 Å². The van der Waals surface area contributed by atoms with E-state index in [1.54, 1.807) is 35.4 Å². The maximum atomic E-state index is 12.5. The maximum absolute atomic E-state index is 12.5. The van der Waals surface area contributed by atoms with E-state index < -0.39 is 0 Å². The van der Waals surface area contributed by atoms with Gasteiger partial charge >= 0.3 is 0 Å². The number of morpholine rings is 1. The number of benzene rings is 1. The number of halogens is 2. The topological polar surface area (TPSA) is 54.5 Å². The van der Waals surface area contributed by atoms with Crippen LogP contribution < -0.4 is 5.32 Å². The van der Waals surface area contributed by atoms with Crippen molar-refractivity contribution < 1.29 is 9.53 Å². The largest absolute Gasteiger partial charge is 0.378 e. The van der Waals surface area contributed by atoms with E-state index in [0.717, 1.165) is 5.69 Å². The van der Waals surface area contributed by atoms with Crippen LogP contribution >= 0.6 is 23.2 Å². The molecule has 3 rings (SSSR count). The number of pyridine rings is 1. The second kappa shape index (κ2) is 7.17. The van der Waals surface area contributed by atoms with Gasteiger partial charge in [0.25, 0.3) is 5.91 Å². The van der Waals surface area contributed by atoms with Gasteiger partial charge in [-0.15, -0.1) is 0 Å². The fourth-order valence-corrected chi connectivity index (χ4v) is 2.66. The number of hydrogen-bond acceptors (Lipinski definition) is 4. The van der Waals surface area contributed by atoms with Crippen molar-refractivity contribution in [3.05, 3.63) is 52.3 Å². The summed E-state index contributed by atoms with van der Waals surface area (Å²) in [6.45, 7) is 2.28. The Morgan fingerprint density at radius 2 is 2.00 bits per heavy atom. The predicted molar refractivity (Wildman–Crippen MR) is 90.7 cm³/mol. The van der Waals surface area contributed by atoms with Gasteiger partial charge in [-0.05, 0) is 24.3 Å². The third-order valence-electron chi connectivity index (χ3n) is 3.51. The summed E-state index contributed by atoms with van der Waals surface area (Å²) in [6.07, 6.45) is 1.59. The molecule has 7 heteroatoms. The first-order valence-corrected chi connectivity index (χ1v) is 7.95. The molecule has 2 heterocycles. The number of hydrogen-bond donors (Lipinski definition) is 1. The van der Waals surface area contributed by atoms with Crippen LogP contribution in [-0.4, -0.2) is 42.1 Å². The van der Waals surface area contributed by atoms with Crippen LogP contribution in [0.15, 0.2) is 36.5 Å². The van der Waals surface area contributed by atoms with Crippen molar-refractivity contribution in [2.45, 2.75) is 0 Å². The van der Waals surface area contributed by atoms with E-state index in [2.05, 4.69) is 10.3 Å². The fraction of sp³-hybridized carbons (Fsp3) is 0.250. The second-order valence-electron chi connectivity index (χ2n) is 5.06. The number of carbonyl (C=O) groups excluding carboxylic acids is 1. The van der Waals surface area contributed by atoms with E-state index >= 15 is 0 Å². The molecule has 1 saturated heterocycles. The Balaban J connectivity index is 1.79. The van der Waals surface area contributed by atoms with Crippen LogP contribution in [0.2, 0.25) is 10.0 Å². The first kappa shape index (κ1) is 16.1. The van der Waals surface area contributed by atoms with Crippen LogP contribution in [0, 0.1) is 0 Å². The lowest BCUT2D eigenvalue weighted by atomic mass is 10.2. The van der Waals surface area contributed by atoms with Gasteiger partial charge in [-0.25, -0.2) is 0 Å². The molecule has 0 bridgehead atoms. The van der Waals surface area contributed by atoms with Crippen LogP contribution in [-0.2, 0) is 4.74 Å². The van der Waals surface area contributed by atoms with Gasteiger partial charge in [-0.2, -0.15) is 0 Å². The fourth-order valence-electron chi connectivity index (χ4n) is 2.31. The van der Waals surface area contributed by atoms with E-state index in [-0.39, 0.29) is 5.91 Å². The van der Waals surface area contributed by atoms with Crippen molar-refractivity contribution in [2.24, 2.45) is 0 Å². The number of anilines is 2. The van der Waals surface area contributed by atoms with Crippen LogP contribution in [0.4, 0.5) is 11.4 Å². The summed E-state index contributed by atoms with van der Waals surface area (Å²) in [5, 5.41) is 4.06. The molecule has 5 nitrogen and oxygen atoms in total. The number of ether oxygens (including phenoxy) is 1. The second-order valence-corrected chi connectivity index (χ2v) is 5.85. The standard InChI is InChI=1S/C16H15Cl2N3O2/c17-12-2-1-3-13(15(12)18)20-11-4-5-19-14(10-11)16(22)21-6-8-23-9-7-21/h1-5,10H,6-9H2,(H,19,20).